The molecule has 1 saturated heterocycles. The molecule has 7 nitrogen and oxygen atoms in total. The number of nitrogens with one attached hydrogen (secondary N) is 1. The van der Waals surface area contributed by atoms with Gasteiger partial charge in [0, 0.05) is 13.1 Å². The molecular weight excluding hydrogens is 354 g/mol. The topological polar surface area (TPSA) is 76.0 Å². The quantitative estimate of drug-likeness (QED) is 0.741. The third-order valence-electron chi connectivity index (χ3n) is 5.78. The van der Waals surface area contributed by atoms with Gasteiger partial charge in [-0.15, -0.1) is 0 Å². The van der Waals surface area contributed by atoms with E-state index in [-0.39, 0.29) is 16.8 Å². The van der Waals surface area contributed by atoms with Crippen LogP contribution in [0.2, 0.25) is 0 Å². The van der Waals surface area contributed by atoms with E-state index in [1.807, 2.05) is 30.3 Å². The van der Waals surface area contributed by atoms with E-state index in [4.69, 9.17) is 9.72 Å². The Morgan fingerprint density at radius 1 is 1.11 bits per heavy atom. The minimum absolute atomic E-state index is 0.144. The fourth-order valence-corrected chi connectivity index (χ4v) is 4.76. The molecule has 1 aromatic carbocycles. The van der Waals surface area contributed by atoms with E-state index < -0.39 is 0 Å². The van der Waals surface area contributed by atoms with Gasteiger partial charge in [-0.25, -0.2) is 4.68 Å². The van der Waals surface area contributed by atoms with Crippen LogP contribution in [0.15, 0.2) is 41.3 Å². The molecule has 3 heterocycles. The molecule has 0 unspecified atom stereocenters. The Morgan fingerprint density at radius 3 is 2.61 bits per heavy atom. The Kier molecular flexibility index (Phi) is 3.84. The molecule has 0 radical (unpaired) electrons. The third kappa shape index (κ3) is 2.90. The second-order valence-electron chi connectivity index (χ2n) is 8.63. The van der Waals surface area contributed by atoms with Gasteiger partial charge in [0.15, 0.2) is 5.65 Å². The van der Waals surface area contributed by atoms with Crippen LogP contribution in [-0.4, -0.2) is 44.0 Å². The molecule has 28 heavy (non-hydrogen) atoms. The number of benzene rings is 1. The van der Waals surface area contributed by atoms with E-state index in [1.165, 1.54) is 12.8 Å². The number of H-pyrrole nitrogens is 1. The lowest BCUT2D eigenvalue weighted by Gasteiger charge is -2.48. The van der Waals surface area contributed by atoms with Crippen LogP contribution in [-0.2, 0) is 4.74 Å². The number of anilines is 1. The highest BCUT2D eigenvalue weighted by Gasteiger charge is 2.46. The monoisotopic (exact) mass is 379 g/mol. The van der Waals surface area contributed by atoms with Crippen LogP contribution in [0.5, 0.6) is 0 Å². The molecule has 2 aromatic heterocycles. The fraction of sp³-hybridized carbons (Fsp3) is 0.476. The highest BCUT2D eigenvalue weighted by molar-refractivity contribution is 5.76. The van der Waals surface area contributed by atoms with Crippen molar-refractivity contribution in [3.05, 3.63) is 46.9 Å². The number of para-hydroxylation sites is 1. The van der Waals surface area contributed by atoms with Crippen molar-refractivity contribution in [3.63, 3.8) is 0 Å². The highest BCUT2D eigenvalue weighted by Crippen LogP contribution is 2.41. The number of fused-ring (bicyclic) bond motifs is 1. The summed E-state index contributed by atoms with van der Waals surface area (Å²) >= 11 is 0. The Labute approximate surface area is 163 Å². The largest absolute Gasteiger partial charge is 0.365 e. The van der Waals surface area contributed by atoms with Gasteiger partial charge in [0.05, 0.1) is 23.1 Å². The Balaban J connectivity index is 1.60. The molecule has 2 aliphatic rings. The van der Waals surface area contributed by atoms with Crippen molar-refractivity contribution in [3.8, 4) is 5.69 Å². The first kappa shape index (κ1) is 17.4. The van der Waals surface area contributed by atoms with Crippen LogP contribution < -0.4 is 10.5 Å². The number of ether oxygens (including phenoxy) is 1. The molecule has 0 amide bonds. The van der Waals surface area contributed by atoms with Crippen molar-refractivity contribution >= 4 is 17.0 Å². The summed E-state index contributed by atoms with van der Waals surface area (Å²) in [5.74, 6) is 0.595. The highest BCUT2D eigenvalue weighted by atomic mass is 16.5. The number of hydrogen-bond donors (Lipinski definition) is 1. The van der Waals surface area contributed by atoms with Gasteiger partial charge >= 0.3 is 0 Å². The summed E-state index contributed by atoms with van der Waals surface area (Å²) in [4.78, 5) is 22.7. The number of aromatic amines is 1. The second-order valence-corrected chi connectivity index (χ2v) is 8.63. The molecule has 0 bridgehead atoms. The molecular formula is C21H25N5O2. The summed E-state index contributed by atoms with van der Waals surface area (Å²) in [7, 11) is 0. The van der Waals surface area contributed by atoms with Crippen molar-refractivity contribution in [1.82, 2.24) is 19.7 Å². The van der Waals surface area contributed by atoms with E-state index >= 15 is 0 Å². The van der Waals surface area contributed by atoms with Crippen LogP contribution in [0.3, 0.4) is 0 Å². The van der Waals surface area contributed by atoms with E-state index in [0.29, 0.717) is 23.5 Å². The zero-order valence-electron chi connectivity index (χ0n) is 16.3. The molecule has 1 aliphatic carbocycles. The maximum absolute atomic E-state index is 12.8. The minimum atomic E-state index is -0.296. The molecule has 1 saturated carbocycles. The van der Waals surface area contributed by atoms with Gasteiger partial charge < -0.3 is 9.64 Å². The van der Waals surface area contributed by atoms with Crippen LogP contribution in [0.4, 0.5) is 5.95 Å². The van der Waals surface area contributed by atoms with E-state index in [2.05, 4.69) is 28.8 Å². The molecule has 1 N–H and O–H groups in total. The van der Waals surface area contributed by atoms with Crippen LogP contribution >= 0.6 is 0 Å². The van der Waals surface area contributed by atoms with E-state index in [0.717, 1.165) is 25.1 Å². The van der Waals surface area contributed by atoms with Gasteiger partial charge in [-0.2, -0.15) is 10.1 Å². The van der Waals surface area contributed by atoms with Crippen molar-refractivity contribution in [2.45, 2.75) is 50.7 Å². The molecule has 1 aliphatic heterocycles. The maximum atomic E-state index is 12.8. The Morgan fingerprint density at radius 2 is 1.86 bits per heavy atom. The van der Waals surface area contributed by atoms with Crippen molar-refractivity contribution < 1.29 is 4.74 Å². The second kappa shape index (κ2) is 6.17. The summed E-state index contributed by atoms with van der Waals surface area (Å²) in [6.45, 7) is 5.67. The standard InChI is InChI=1S/C21H25N5O2/c1-20(2)13-25(14-21(28-20)10-6-7-11-21)19-23-17-16(18(27)24-19)12-22-26(17)15-8-4-3-5-9-15/h3-5,8-9,12H,6-7,10-11,13-14H2,1-2H3,(H,23,24,27). The fourth-order valence-electron chi connectivity index (χ4n) is 4.76. The first-order chi connectivity index (χ1) is 13.4. The van der Waals surface area contributed by atoms with Crippen LogP contribution in [0.25, 0.3) is 16.7 Å². The van der Waals surface area contributed by atoms with Crippen molar-refractivity contribution in [1.29, 1.82) is 0 Å². The molecule has 0 atom stereocenters. The van der Waals surface area contributed by atoms with Gasteiger partial charge in [0.1, 0.15) is 5.39 Å². The first-order valence-electron chi connectivity index (χ1n) is 9.93. The lowest BCUT2D eigenvalue weighted by molar-refractivity contribution is -0.148. The average molecular weight is 379 g/mol. The van der Waals surface area contributed by atoms with Gasteiger partial charge in [-0.3, -0.25) is 9.78 Å². The van der Waals surface area contributed by atoms with E-state index in [9.17, 15) is 4.79 Å². The number of rotatable bonds is 2. The van der Waals surface area contributed by atoms with Crippen molar-refractivity contribution in [2.75, 3.05) is 18.0 Å². The molecule has 3 aromatic rings. The summed E-state index contributed by atoms with van der Waals surface area (Å²) in [6, 6.07) is 9.77. The minimum Gasteiger partial charge on any atom is -0.365 e. The van der Waals surface area contributed by atoms with Crippen LogP contribution in [0, 0.1) is 0 Å². The van der Waals surface area contributed by atoms with Crippen LogP contribution in [0.1, 0.15) is 39.5 Å². The smallest absolute Gasteiger partial charge is 0.263 e. The molecule has 5 rings (SSSR count). The van der Waals surface area contributed by atoms with Gasteiger partial charge in [0.25, 0.3) is 5.56 Å². The number of morpholine rings is 1. The zero-order chi connectivity index (χ0) is 19.4. The zero-order valence-corrected chi connectivity index (χ0v) is 16.3. The number of aromatic nitrogens is 4. The predicted octanol–water partition coefficient (Wildman–Crippen LogP) is 3.04. The van der Waals surface area contributed by atoms with Crippen molar-refractivity contribution in [2.24, 2.45) is 0 Å². The number of nitrogens with zero attached hydrogens (tertiary/aromatic N) is 4. The molecule has 7 heteroatoms. The van der Waals surface area contributed by atoms with Gasteiger partial charge in [-0.05, 0) is 38.8 Å². The Bertz CT molecular complexity index is 1060. The molecule has 2 fully saturated rings. The summed E-state index contributed by atoms with van der Waals surface area (Å²) < 4.78 is 8.22. The summed E-state index contributed by atoms with van der Waals surface area (Å²) in [5, 5.41) is 4.90. The SMILES string of the molecule is CC1(C)CN(c2nc3c(cnn3-c3ccccc3)c(=O)[nH]2)CC2(CCCC2)O1. The lowest BCUT2D eigenvalue weighted by atomic mass is 9.94. The molecule has 146 valence electrons. The third-order valence-corrected chi connectivity index (χ3v) is 5.78. The van der Waals surface area contributed by atoms with Gasteiger partial charge in [-0.1, -0.05) is 31.0 Å². The van der Waals surface area contributed by atoms with Gasteiger partial charge in [0.2, 0.25) is 5.95 Å². The first-order valence-corrected chi connectivity index (χ1v) is 9.93. The summed E-state index contributed by atoms with van der Waals surface area (Å²) in [6.07, 6.45) is 6.07. The summed E-state index contributed by atoms with van der Waals surface area (Å²) in [5.41, 5.74) is 0.864. The molecule has 1 spiro atoms. The Hall–Kier alpha value is -2.67. The normalized spacial score (nSPS) is 20.9. The maximum Gasteiger partial charge on any atom is 0.263 e. The number of hydrogen-bond acceptors (Lipinski definition) is 5. The van der Waals surface area contributed by atoms with E-state index in [1.54, 1.807) is 10.9 Å². The predicted molar refractivity (Wildman–Crippen MR) is 108 cm³/mol. The average Bonchev–Trinajstić information content (AvgIpc) is 3.28. The lowest BCUT2D eigenvalue weighted by Crippen LogP contribution is -2.59.